The van der Waals surface area contributed by atoms with Crippen LogP contribution in [0.1, 0.15) is 20.0 Å². The average molecular weight is 376 g/mol. The highest BCUT2D eigenvalue weighted by atomic mass is 32.1. The number of para-hydroxylation sites is 2. The van der Waals surface area contributed by atoms with Crippen LogP contribution in [0.25, 0.3) is 15.9 Å². The Morgan fingerprint density at radius 1 is 0.963 bits per heavy atom. The van der Waals surface area contributed by atoms with Crippen LogP contribution in [0.5, 0.6) is 0 Å². The number of ether oxygens (including phenoxy) is 1. The molecule has 0 spiro atoms. The molecule has 0 aliphatic heterocycles. The molecule has 0 saturated carbocycles. The summed E-state index contributed by atoms with van der Waals surface area (Å²) < 4.78 is 6.82. The third-order valence-electron chi connectivity index (χ3n) is 4.23. The molecule has 2 heterocycles. The van der Waals surface area contributed by atoms with Crippen LogP contribution in [0, 0.1) is 0 Å². The molecule has 0 atom stereocenters. The number of rotatable bonds is 4. The number of hydrogen-bond acceptors (Lipinski definition) is 4. The Balaban J connectivity index is 1.61. The standard InChI is InChI=1S/C21H16N2O3S/c1-26-21(25)15-7-3-4-8-16(15)22-20(24)18-10-11-19(27-18)23-13-12-14-6-2-5-9-17(14)23/h2-13H,1H3,(H,22,24). The van der Waals surface area contributed by atoms with E-state index < -0.39 is 5.97 Å². The van der Waals surface area contributed by atoms with Gasteiger partial charge in [-0.1, -0.05) is 30.3 Å². The van der Waals surface area contributed by atoms with Crippen LogP contribution in [0.3, 0.4) is 0 Å². The molecular weight excluding hydrogens is 360 g/mol. The van der Waals surface area contributed by atoms with Crippen molar-refractivity contribution in [2.75, 3.05) is 12.4 Å². The van der Waals surface area contributed by atoms with Gasteiger partial charge in [0.1, 0.15) is 5.00 Å². The zero-order valence-corrected chi connectivity index (χ0v) is 15.3. The minimum absolute atomic E-state index is 0.265. The maximum absolute atomic E-state index is 12.7. The van der Waals surface area contributed by atoms with Crippen molar-refractivity contribution in [2.45, 2.75) is 0 Å². The van der Waals surface area contributed by atoms with Gasteiger partial charge in [0.2, 0.25) is 0 Å². The summed E-state index contributed by atoms with van der Waals surface area (Å²) >= 11 is 1.39. The van der Waals surface area contributed by atoms with Gasteiger partial charge in [-0.2, -0.15) is 0 Å². The fraction of sp³-hybridized carbons (Fsp3) is 0.0476. The third kappa shape index (κ3) is 3.22. The van der Waals surface area contributed by atoms with Crippen LogP contribution in [0.4, 0.5) is 5.69 Å². The lowest BCUT2D eigenvalue weighted by Gasteiger charge is -2.08. The minimum Gasteiger partial charge on any atom is -0.465 e. The second kappa shape index (κ2) is 7.09. The summed E-state index contributed by atoms with van der Waals surface area (Å²) in [6.45, 7) is 0. The van der Waals surface area contributed by atoms with E-state index in [9.17, 15) is 9.59 Å². The first-order valence-corrected chi connectivity index (χ1v) is 9.14. The SMILES string of the molecule is COC(=O)c1ccccc1NC(=O)c1ccc(-n2ccc3ccccc32)s1. The predicted octanol–water partition coefficient (Wildman–Crippen LogP) is 4.73. The molecule has 0 saturated heterocycles. The first-order chi connectivity index (χ1) is 13.2. The van der Waals surface area contributed by atoms with Crippen molar-refractivity contribution < 1.29 is 14.3 Å². The molecule has 0 radical (unpaired) electrons. The number of esters is 1. The fourth-order valence-electron chi connectivity index (χ4n) is 2.92. The molecule has 0 fully saturated rings. The zero-order valence-electron chi connectivity index (χ0n) is 14.5. The largest absolute Gasteiger partial charge is 0.465 e. The van der Waals surface area contributed by atoms with Crippen LogP contribution in [0.2, 0.25) is 0 Å². The zero-order chi connectivity index (χ0) is 18.8. The van der Waals surface area contributed by atoms with Crippen LogP contribution < -0.4 is 5.32 Å². The van der Waals surface area contributed by atoms with Gasteiger partial charge < -0.3 is 14.6 Å². The Morgan fingerprint density at radius 3 is 2.59 bits per heavy atom. The van der Waals surface area contributed by atoms with Gasteiger partial charge in [0, 0.05) is 6.20 Å². The number of benzene rings is 2. The van der Waals surface area contributed by atoms with Crippen molar-refractivity contribution in [3.8, 4) is 5.00 Å². The number of carbonyl (C=O) groups excluding carboxylic acids is 2. The van der Waals surface area contributed by atoms with Crippen molar-refractivity contribution in [2.24, 2.45) is 0 Å². The maximum atomic E-state index is 12.7. The summed E-state index contributed by atoms with van der Waals surface area (Å²) in [7, 11) is 1.31. The summed E-state index contributed by atoms with van der Waals surface area (Å²) in [5.74, 6) is -0.754. The Kier molecular flexibility index (Phi) is 4.48. The molecule has 4 aromatic rings. The Labute approximate surface area is 159 Å². The van der Waals surface area contributed by atoms with Gasteiger partial charge in [0.15, 0.2) is 0 Å². The van der Waals surface area contributed by atoms with Crippen LogP contribution in [0.15, 0.2) is 72.9 Å². The van der Waals surface area contributed by atoms with E-state index in [4.69, 9.17) is 4.74 Å². The van der Waals surface area contributed by atoms with Gasteiger partial charge >= 0.3 is 5.97 Å². The Hall–Kier alpha value is -3.38. The minimum atomic E-state index is -0.489. The molecule has 134 valence electrons. The number of nitrogens with one attached hydrogen (secondary N) is 1. The molecule has 4 rings (SSSR count). The van der Waals surface area contributed by atoms with E-state index in [2.05, 4.69) is 16.0 Å². The van der Waals surface area contributed by atoms with Gasteiger partial charge in [0.05, 0.1) is 28.8 Å². The molecule has 6 heteroatoms. The number of carbonyl (C=O) groups is 2. The van der Waals surface area contributed by atoms with Gasteiger partial charge in [-0.25, -0.2) is 4.79 Å². The highest BCUT2D eigenvalue weighted by Crippen LogP contribution is 2.27. The van der Waals surface area contributed by atoms with E-state index in [1.807, 2.05) is 36.5 Å². The number of fused-ring (bicyclic) bond motifs is 1. The van der Waals surface area contributed by atoms with Gasteiger partial charge in [-0.3, -0.25) is 4.79 Å². The highest BCUT2D eigenvalue weighted by molar-refractivity contribution is 7.16. The van der Waals surface area contributed by atoms with Crippen molar-refractivity contribution in [1.29, 1.82) is 0 Å². The van der Waals surface area contributed by atoms with E-state index in [-0.39, 0.29) is 5.91 Å². The van der Waals surface area contributed by atoms with Crippen molar-refractivity contribution in [1.82, 2.24) is 4.57 Å². The van der Waals surface area contributed by atoms with Gasteiger partial charge in [0.25, 0.3) is 5.91 Å². The smallest absolute Gasteiger partial charge is 0.339 e. The van der Waals surface area contributed by atoms with E-state index in [0.717, 1.165) is 15.9 Å². The maximum Gasteiger partial charge on any atom is 0.339 e. The third-order valence-corrected chi connectivity index (χ3v) is 5.32. The van der Waals surface area contributed by atoms with Gasteiger partial charge in [-0.05, 0) is 41.8 Å². The van der Waals surface area contributed by atoms with Crippen molar-refractivity contribution >= 4 is 39.8 Å². The molecular formula is C21H16N2O3S. The number of thiophene rings is 1. The molecule has 1 amide bonds. The predicted molar refractivity (Wildman–Crippen MR) is 107 cm³/mol. The molecule has 0 bridgehead atoms. The van der Waals surface area contributed by atoms with E-state index in [0.29, 0.717) is 16.1 Å². The van der Waals surface area contributed by atoms with E-state index >= 15 is 0 Å². The summed E-state index contributed by atoms with van der Waals surface area (Å²) in [6.07, 6.45) is 1.99. The fourth-order valence-corrected chi connectivity index (χ4v) is 3.82. The number of hydrogen-bond donors (Lipinski definition) is 1. The van der Waals surface area contributed by atoms with Crippen LogP contribution in [-0.4, -0.2) is 23.6 Å². The lowest BCUT2D eigenvalue weighted by molar-refractivity contribution is 0.0602. The molecule has 2 aromatic heterocycles. The summed E-state index contributed by atoms with van der Waals surface area (Å²) in [5, 5.41) is 4.89. The van der Waals surface area contributed by atoms with E-state index in [1.165, 1.54) is 18.4 Å². The monoisotopic (exact) mass is 376 g/mol. The van der Waals surface area contributed by atoms with Crippen LogP contribution in [-0.2, 0) is 4.74 Å². The molecule has 0 unspecified atom stereocenters. The second-order valence-electron chi connectivity index (χ2n) is 5.87. The summed E-state index contributed by atoms with van der Waals surface area (Å²) in [6, 6.07) is 20.6. The average Bonchev–Trinajstić information content (AvgIpc) is 3.34. The summed E-state index contributed by atoms with van der Waals surface area (Å²) in [5.41, 5.74) is 1.83. The number of methoxy groups -OCH3 is 1. The lowest BCUT2D eigenvalue weighted by Crippen LogP contribution is -2.14. The van der Waals surface area contributed by atoms with Crippen molar-refractivity contribution in [3.63, 3.8) is 0 Å². The second-order valence-corrected chi connectivity index (χ2v) is 6.94. The lowest BCUT2D eigenvalue weighted by atomic mass is 10.2. The molecule has 27 heavy (non-hydrogen) atoms. The molecule has 1 N–H and O–H groups in total. The van der Waals surface area contributed by atoms with Crippen molar-refractivity contribution in [3.05, 3.63) is 83.4 Å². The normalized spacial score (nSPS) is 10.7. The first-order valence-electron chi connectivity index (χ1n) is 8.32. The summed E-state index contributed by atoms with van der Waals surface area (Å²) in [4.78, 5) is 25.1. The van der Waals surface area contributed by atoms with E-state index in [1.54, 1.807) is 30.3 Å². The topological polar surface area (TPSA) is 60.3 Å². The van der Waals surface area contributed by atoms with Crippen LogP contribution >= 0.6 is 11.3 Å². The Morgan fingerprint density at radius 2 is 1.74 bits per heavy atom. The molecule has 5 nitrogen and oxygen atoms in total. The number of nitrogens with zero attached hydrogens (tertiary/aromatic N) is 1. The first kappa shape index (κ1) is 17.1. The number of amides is 1. The molecule has 2 aromatic carbocycles. The number of aromatic nitrogens is 1. The highest BCUT2D eigenvalue weighted by Gasteiger charge is 2.16. The molecule has 0 aliphatic carbocycles. The quantitative estimate of drug-likeness (QED) is 0.524. The number of anilines is 1. The Bertz CT molecular complexity index is 1140. The molecule has 0 aliphatic rings. The van der Waals surface area contributed by atoms with Gasteiger partial charge in [-0.15, -0.1) is 11.3 Å².